The molecule has 2 heterocycles. The van der Waals surface area contributed by atoms with Gasteiger partial charge in [-0.3, -0.25) is 4.79 Å². The quantitative estimate of drug-likeness (QED) is 0.816. The van der Waals surface area contributed by atoms with E-state index in [-0.39, 0.29) is 0 Å². The summed E-state index contributed by atoms with van der Waals surface area (Å²) in [5.41, 5.74) is -0.641. The number of nitrogens with zero attached hydrogens (tertiary/aromatic N) is 1. The largest absolute Gasteiger partial charge is 0.481 e. The van der Waals surface area contributed by atoms with Crippen LogP contribution in [0.15, 0.2) is 0 Å². The van der Waals surface area contributed by atoms with Crippen molar-refractivity contribution in [1.82, 2.24) is 4.90 Å². The van der Waals surface area contributed by atoms with Gasteiger partial charge in [0.25, 0.3) is 0 Å². The maximum absolute atomic E-state index is 11.5. The molecule has 0 bridgehead atoms. The monoisotopic (exact) mass is 255 g/mol. The van der Waals surface area contributed by atoms with Crippen molar-refractivity contribution in [3.05, 3.63) is 0 Å². The first-order chi connectivity index (χ1) is 8.66. The van der Waals surface area contributed by atoms with Crippen LogP contribution in [0.2, 0.25) is 0 Å². The average Bonchev–Trinajstić information content (AvgIpc) is 2.82. The molecule has 1 unspecified atom stereocenters. The second kappa shape index (κ2) is 6.02. The average molecular weight is 255 g/mol. The van der Waals surface area contributed by atoms with Gasteiger partial charge in [0.05, 0.1) is 6.61 Å². The maximum Gasteiger partial charge on any atom is 0.313 e. The van der Waals surface area contributed by atoms with E-state index in [1.54, 1.807) is 0 Å². The fraction of sp³-hybridized carbons (Fsp3) is 0.929. The normalized spacial score (nSPS) is 30.7. The Morgan fingerprint density at radius 2 is 2.17 bits per heavy atom. The van der Waals surface area contributed by atoms with Gasteiger partial charge in [-0.25, -0.2) is 0 Å². The number of piperidine rings is 1. The van der Waals surface area contributed by atoms with Crippen molar-refractivity contribution < 1.29 is 14.6 Å². The van der Waals surface area contributed by atoms with Gasteiger partial charge in [0, 0.05) is 13.2 Å². The Labute approximate surface area is 109 Å². The Balaban J connectivity index is 1.85. The molecule has 1 atom stereocenters. The third-order valence-electron chi connectivity index (χ3n) is 4.49. The van der Waals surface area contributed by atoms with Crippen molar-refractivity contribution in [3.63, 3.8) is 0 Å². The minimum atomic E-state index is -0.685. The molecule has 2 rings (SSSR count). The number of likely N-dealkylation sites (tertiary alicyclic amines) is 1. The minimum absolute atomic E-state index is 0.386. The Morgan fingerprint density at radius 1 is 1.44 bits per heavy atom. The first-order valence-corrected chi connectivity index (χ1v) is 7.20. The van der Waals surface area contributed by atoms with Gasteiger partial charge in [0.15, 0.2) is 0 Å². The summed E-state index contributed by atoms with van der Waals surface area (Å²) in [6, 6.07) is 0. The number of carboxylic acids is 1. The van der Waals surface area contributed by atoms with E-state index in [9.17, 15) is 9.90 Å². The molecule has 0 radical (unpaired) electrons. The summed E-state index contributed by atoms with van der Waals surface area (Å²) in [6.45, 7) is 6.00. The van der Waals surface area contributed by atoms with E-state index in [0.29, 0.717) is 26.2 Å². The topological polar surface area (TPSA) is 49.8 Å². The van der Waals surface area contributed by atoms with E-state index in [1.807, 2.05) is 0 Å². The summed E-state index contributed by atoms with van der Waals surface area (Å²) >= 11 is 0. The van der Waals surface area contributed by atoms with Crippen LogP contribution in [0.3, 0.4) is 0 Å². The van der Waals surface area contributed by atoms with Crippen molar-refractivity contribution in [3.8, 4) is 0 Å². The Hall–Kier alpha value is -0.610. The van der Waals surface area contributed by atoms with Gasteiger partial charge in [-0.2, -0.15) is 0 Å². The zero-order valence-electron chi connectivity index (χ0n) is 11.4. The van der Waals surface area contributed by atoms with Crippen LogP contribution in [0.4, 0.5) is 0 Å². The van der Waals surface area contributed by atoms with Gasteiger partial charge in [0.1, 0.15) is 5.41 Å². The third kappa shape index (κ3) is 3.04. The highest BCUT2D eigenvalue weighted by Gasteiger charge is 2.44. The lowest BCUT2D eigenvalue weighted by atomic mass is 9.85. The standard InChI is InChI=1S/C14H25NO3/c1-2-3-12-4-7-15(8-5-12)10-14(13(16)17)6-9-18-11-14/h12H,2-11H2,1H3,(H,16,17). The number of ether oxygens (including phenoxy) is 1. The summed E-state index contributed by atoms with van der Waals surface area (Å²) in [4.78, 5) is 13.8. The second-order valence-corrected chi connectivity index (χ2v) is 5.90. The first-order valence-electron chi connectivity index (χ1n) is 7.20. The van der Waals surface area contributed by atoms with E-state index in [2.05, 4.69) is 11.8 Å². The number of hydrogen-bond donors (Lipinski definition) is 1. The van der Waals surface area contributed by atoms with Crippen LogP contribution < -0.4 is 0 Å². The first kappa shape index (κ1) is 13.8. The molecule has 0 amide bonds. The molecule has 4 nitrogen and oxygen atoms in total. The maximum atomic E-state index is 11.5. The Kier molecular flexibility index (Phi) is 4.62. The van der Waals surface area contributed by atoms with Crippen LogP contribution in [0.1, 0.15) is 39.0 Å². The molecular weight excluding hydrogens is 230 g/mol. The van der Waals surface area contributed by atoms with Gasteiger partial charge >= 0.3 is 5.97 Å². The zero-order valence-corrected chi connectivity index (χ0v) is 11.4. The predicted octanol–water partition coefficient (Wildman–Crippen LogP) is 1.99. The van der Waals surface area contributed by atoms with Gasteiger partial charge < -0.3 is 14.7 Å². The lowest BCUT2D eigenvalue weighted by Crippen LogP contribution is -2.46. The van der Waals surface area contributed by atoms with Crippen molar-refractivity contribution in [1.29, 1.82) is 0 Å². The number of rotatable bonds is 5. The molecule has 2 aliphatic rings. The highest BCUT2D eigenvalue weighted by atomic mass is 16.5. The molecule has 0 aromatic carbocycles. The number of carboxylic acid groups (broad SMARTS) is 1. The molecule has 2 saturated heterocycles. The van der Waals surface area contributed by atoms with Crippen LogP contribution in [0.5, 0.6) is 0 Å². The summed E-state index contributed by atoms with van der Waals surface area (Å²) in [7, 11) is 0. The van der Waals surface area contributed by atoms with Crippen LogP contribution >= 0.6 is 0 Å². The van der Waals surface area contributed by atoms with Crippen LogP contribution in [0.25, 0.3) is 0 Å². The van der Waals surface area contributed by atoms with Gasteiger partial charge in [-0.15, -0.1) is 0 Å². The molecule has 2 aliphatic heterocycles. The van der Waals surface area contributed by atoms with Crippen molar-refractivity contribution in [2.75, 3.05) is 32.8 Å². The van der Waals surface area contributed by atoms with Crippen molar-refractivity contribution in [2.24, 2.45) is 11.3 Å². The van der Waals surface area contributed by atoms with Crippen molar-refractivity contribution >= 4 is 5.97 Å². The molecule has 0 spiro atoms. The number of aliphatic carboxylic acids is 1. The molecule has 1 N–H and O–H groups in total. The summed E-state index contributed by atoms with van der Waals surface area (Å²) < 4.78 is 5.32. The van der Waals surface area contributed by atoms with Gasteiger partial charge in [0.2, 0.25) is 0 Å². The second-order valence-electron chi connectivity index (χ2n) is 5.90. The SMILES string of the molecule is CCCC1CCN(CC2(C(=O)O)CCOC2)CC1. The highest BCUT2D eigenvalue weighted by Crippen LogP contribution is 2.32. The van der Waals surface area contributed by atoms with E-state index in [4.69, 9.17) is 4.74 Å². The Bertz CT molecular complexity index is 279. The van der Waals surface area contributed by atoms with Crippen molar-refractivity contribution in [2.45, 2.75) is 39.0 Å². The molecule has 0 aromatic rings. The zero-order chi connectivity index (χ0) is 13.0. The molecule has 18 heavy (non-hydrogen) atoms. The molecular formula is C14H25NO3. The lowest BCUT2D eigenvalue weighted by Gasteiger charge is -2.36. The minimum Gasteiger partial charge on any atom is -0.481 e. The van der Waals surface area contributed by atoms with E-state index in [0.717, 1.165) is 19.0 Å². The molecule has 0 aromatic heterocycles. The van der Waals surface area contributed by atoms with Crippen LogP contribution in [0, 0.1) is 11.3 Å². The van der Waals surface area contributed by atoms with Crippen LogP contribution in [-0.4, -0.2) is 48.8 Å². The van der Waals surface area contributed by atoms with Gasteiger partial charge in [-0.05, 0) is 38.3 Å². The predicted molar refractivity (Wildman–Crippen MR) is 69.6 cm³/mol. The molecule has 104 valence electrons. The Morgan fingerprint density at radius 3 is 2.67 bits per heavy atom. The third-order valence-corrected chi connectivity index (χ3v) is 4.49. The van der Waals surface area contributed by atoms with Crippen LogP contribution in [-0.2, 0) is 9.53 Å². The molecule has 0 saturated carbocycles. The van der Waals surface area contributed by atoms with E-state index < -0.39 is 11.4 Å². The number of hydrogen-bond acceptors (Lipinski definition) is 3. The van der Waals surface area contributed by atoms with E-state index in [1.165, 1.54) is 25.7 Å². The summed E-state index contributed by atoms with van der Waals surface area (Å²) in [5, 5.41) is 9.42. The molecule has 4 heteroatoms. The smallest absolute Gasteiger partial charge is 0.313 e. The van der Waals surface area contributed by atoms with E-state index >= 15 is 0 Å². The summed E-state index contributed by atoms with van der Waals surface area (Å²) in [6.07, 6.45) is 5.70. The fourth-order valence-electron chi connectivity index (χ4n) is 3.24. The molecule has 0 aliphatic carbocycles. The summed E-state index contributed by atoms with van der Waals surface area (Å²) in [5.74, 6) is 0.169. The lowest BCUT2D eigenvalue weighted by molar-refractivity contribution is -0.150. The number of carbonyl (C=O) groups is 1. The van der Waals surface area contributed by atoms with Gasteiger partial charge in [-0.1, -0.05) is 19.8 Å². The fourth-order valence-corrected chi connectivity index (χ4v) is 3.24. The molecule has 2 fully saturated rings. The highest BCUT2D eigenvalue weighted by molar-refractivity contribution is 5.75.